The van der Waals surface area contributed by atoms with Crippen molar-refractivity contribution >= 4 is 17.0 Å². The highest BCUT2D eigenvalue weighted by Crippen LogP contribution is 2.43. The molecule has 3 fully saturated rings. The third kappa shape index (κ3) is 1.59. The fraction of sp³-hybridized carbons (Fsp3) is 0.467. The zero-order valence-electron chi connectivity index (χ0n) is 11.3. The average molecular weight is 271 g/mol. The lowest BCUT2D eigenvalue weighted by Gasteiger charge is -2.46. The smallest absolute Gasteiger partial charge is 0.252 e. The lowest BCUT2D eigenvalue weighted by atomic mass is 9.72. The molecule has 2 bridgehead atoms. The number of benzene rings is 1. The van der Waals surface area contributed by atoms with Crippen molar-refractivity contribution in [3.63, 3.8) is 0 Å². The molecule has 3 aliphatic rings. The Hall–Kier alpha value is -1.88. The maximum absolute atomic E-state index is 11.5. The summed E-state index contributed by atoms with van der Waals surface area (Å²) in [5.41, 5.74) is 7.16. The number of carbonyl (C=O) groups excluding carboxylic acids is 1. The van der Waals surface area contributed by atoms with E-state index in [1.165, 1.54) is 0 Å². The number of rotatable bonds is 2. The van der Waals surface area contributed by atoms with Gasteiger partial charge in [-0.05, 0) is 51.0 Å². The summed E-state index contributed by atoms with van der Waals surface area (Å²) in [4.78, 5) is 18.6. The van der Waals surface area contributed by atoms with Gasteiger partial charge in [-0.3, -0.25) is 4.79 Å². The van der Waals surface area contributed by atoms with E-state index in [1.807, 2.05) is 6.07 Å². The lowest BCUT2D eigenvalue weighted by Crippen LogP contribution is -2.50. The van der Waals surface area contributed by atoms with Gasteiger partial charge in [-0.1, -0.05) is 6.07 Å². The summed E-state index contributed by atoms with van der Waals surface area (Å²) in [7, 11) is 0. The number of carbonyl (C=O) groups is 1. The third-order valence-corrected chi connectivity index (χ3v) is 4.85. The topological polar surface area (TPSA) is 72.4 Å². The SMILES string of the molecule is NC(=O)c1cccc2nc(C34CCN(CC3)CC4)oc12. The number of piperidine rings is 3. The number of hydrogen-bond acceptors (Lipinski definition) is 4. The van der Waals surface area contributed by atoms with Gasteiger partial charge in [0.25, 0.3) is 5.91 Å². The van der Waals surface area contributed by atoms with Crippen molar-refractivity contribution in [2.45, 2.75) is 24.7 Å². The van der Waals surface area contributed by atoms with E-state index in [1.54, 1.807) is 12.1 Å². The highest BCUT2D eigenvalue weighted by molar-refractivity contribution is 6.03. The van der Waals surface area contributed by atoms with Gasteiger partial charge >= 0.3 is 0 Å². The van der Waals surface area contributed by atoms with Crippen LogP contribution in [0.5, 0.6) is 0 Å². The molecule has 5 rings (SSSR count). The number of aromatic nitrogens is 1. The van der Waals surface area contributed by atoms with Crippen molar-refractivity contribution in [1.29, 1.82) is 0 Å². The van der Waals surface area contributed by atoms with Crippen molar-refractivity contribution in [1.82, 2.24) is 9.88 Å². The van der Waals surface area contributed by atoms with Gasteiger partial charge < -0.3 is 15.1 Å². The number of para-hydroxylation sites is 1. The molecule has 104 valence electrons. The summed E-state index contributed by atoms with van der Waals surface area (Å²) in [6.45, 7) is 3.34. The average Bonchev–Trinajstić information content (AvgIpc) is 2.93. The van der Waals surface area contributed by atoms with Crippen LogP contribution in [0, 0.1) is 0 Å². The Bertz CT molecular complexity index is 670. The molecule has 0 radical (unpaired) electrons. The molecule has 3 saturated heterocycles. The summed E-state index contributed by atoms with van der Waals surface area (Å²) in [5, 5.41) is 0. The molecule has 0 aliphatic carbocycles. The van der Waals surface area contributed by atoms with Crippen LogP contribution in [-0.4, -0.2) is 35.4 Å². The van der Waals surface area contributed by atoms with Gasteiger partial charge in [0.1, 0.15) is 5.52 Å². The van der Waals surface area contributed by atoms with E-state index in [2.05, 4.69) is 9.88 Å². The van der Waals surface area contributed by atoms with Gasteiger partial charge in [0.15, 0.2) is 5.58 Å². The van der Waals surface area contributed by atoms with E-state index < -0.39 is 5.91 Å². The lowest BCUT2D eigenvalue weighted by molar-refractivity contribution is 0.0651. The Morgan fingerprint density at radius 1 is 1.25 bits per heavy atom. The highest BCUT2D eigenvalue weighted by atomic mass is 16.4. The van der Waals surface area contributed by atoms with Crippen LogP contribution >= 0.6 is 0 Å². The minimum Gasteiger partial charge on any atom is -0.439 e. The van der Waals surface area contributed by atoms with Gasteiger partial charge in [-0.25, -0.2) is 4.98 Å². The fourth-order valence-corrected chi connectivity index (χ4v) is 3.52. The Balaban J connectivity index is 1.85. The van der Waals surface area contributed by atoms with Gasteiger partial charge in [-0.15, -0.1) is 0 Å². The molecule has 1 aromatic heterocycles. The first-order valence-corrected chi connectivity index (χ1v) is 7.10. The van der Waals surface area contributed by atoms with Crippen molar-refractivity contribution in [2.75, 3.05) is 19.6 Å². The number of primary amides is 1. The van der Waals surface area contributed by atoms with E-state index in [4.69, 9.17) is 10.2 Å². The molecule has 0 saturated carbocycles. The molecule has 5 nitrogen and oxygen atoms in total. The van der Waals surface area contributed by atoms with Crippen LogP contribution in [0.1, 0.15) is 35.5 Å². The first-order valence-electron chi connectivity index (χ1n) is 7.10. The summed E-state index contributed by atoms with van der Waals surface area (Å²) in [6.07, 6.45) is 3.27. The predicted molar refractivity (Wildman–Crippen MR) is 74.5 cm³/mol. The van der Waals surface area contributed by atoms with E-state index in [0.29, 0.717) is 11.1 Å². The second-order valence-corrected chi connectivity index (χ2v) is 5.91. The minimum absolute atomic E-state index is 0.0582. The molecule has 5 heteroatoms. The number of amides is 1. The molecule has 0 spiro atoms. The summed E-state index contributed by atoms with van der Waals surface area (Å²) >= 11 is 0. The van der Waals surface area contributed by atoms with E-state index in [-0.39, 0.29) is 5.41 Å². The minimum atomic E-state index is -0.464. The van der Waals surface area contributed by atoms with Crippen molar-refractivity contribution in [3.8, 4) is 0 Å². The predicted octanol–water partition coefficient (Wildman–Crippen LogP) is 1.66. The maximum atomic E-state index is 11.5. The molecule has 1 aromatic carbocycles. The first-order chi connectivity index (χ1) is 9.68. The molecule has 3 aliphatic heterocycles. The van der Waals surface area contributed by atoms with Gasteiger partial charge in [-0.2, -0.15) is 0 Å². The second-order valence-electron chi connectivity index (χ2n) is 5.91. The Kier molecular flexibility index (Phi) is 2.41. The van der Waals surface area contributed by atoms with Crippen LogP contribution in [0.4, 0.5) is 0 Å². The second kappa shape index (κ2) is 4.06. The number of oxazole rings is 1. The van der Waals surface area contributed by atoms with Crippen LogP contribution in [0.15, 0.2) is 22.6 Å². The van der Waals surface area contributed by atoms with E-state index >= 15 is 0 Å². The molecule has 0 unspecified atom stereocenters. The zero-order chi connectivity index (χ0) is 13.7. The summed E-state index contributed by atoms with van der Waals surface area (Å²) in [5.74, 6) is 0.329. The first kappa shape index (κ1) is 11.9. The van der Waals surface area contributed by atoms with Crippen molar-refractivity contribution < 1.29 is 9.21 Å². The number of nitrogens with zero attached hydrogens (tertiary/aromatic N) is 2. The molecule has 4 heterocycles. The molecule has 20 heavy (non-hydrogen) atoms. The van der Waals surface area contributed by atoms with Gasteiger partial charge in [0.2, 0.25) is 5.89 Å². The molecule has 2 aromatic rings. The molecule has 0 atom stereocenters. The van der Waals surface area contributed by atoms with Crippen molar-refractivity contribution in [2.24, 2.45) is 5.73 Å². The number of hydrogen-bond donors (Lipinski definition) is 1. The Morgan fingerprint density at radius 3 is 2.60 bits per heavy atom. The van der Waals surface area contributed by atoms with Crippen LogP contribution < -0.4 is 5.73 Å². The molecule has 2 N–H and O–H groups in total. The van der Waals surface area contributed by atoms with E-state index in [0.717, 1.165) is 50.3 Å². The van der Waals surface area contributed by atoms with E-state index in [9.17, 15) is 4.79 Å². The molecular weight excluding hydrogens is 254 g/mol. The quantitative estimate of drug-likeness (QED) is 0.901. The largest absolute Gasteiger partial charge is 0.439 e. The van der Waals surface area contributed by atoms with Crippen LogP contribution in [-0.2, 0) is 5.41 Å². The highest BCUT2D eigenvalue weighted by Gasteiger charge is 2.44. The zero-order valence-corrected chi connectivity index (χ0v) is 11.3. The molecular formula is C15H17N3O2. The Morgan fingerprint density at radius 2 is 1.95 bits per heavy atom. The number of nitrogens with two attached hydrogens (primary N) is 1. The van der Waals surface area contributed by atoms with Gasteiger partial charge in [0.05, 0.1) is 11.0 Å². The fourth-order valence-electron chi connectivity index (χ4n) is 3.52. The van der Waals surface area contributed by atoms with Crippen LogP contribution in [0.2, 0.25) is 0 Å². The van der Waals surface area contributed by atoms with Crippen molar-refractivity contribution in [3.05, 3.63) is 29.7 Å². The normalized spacial score (nSPS) is 28.9. The third-order valence-electron chi connectivity index (χ3n) is 4.85. The Labute approximate surface area is 116 Å². The van der Waals surface area contributed by atoms with Gasteiger partial charge in [0, 0.05) is 0 Å². The maximum Gasteiger partial charge on any atom is 0.252 e. The number of fused-ring (bicyclic) bond motifs is 4. The monoisotopic (exact) mass is 271 g/mol. The molecule has 1 amide bonds. The standard InChI is InChI=1S/C15H17N3O2/c16-13(19)10-2-1-3-11-12(10)20-14(17-11)15-4-7-18(8-5-15)9-6-15/h1-3H,4-9H2,(H2,16,19). The summed E-state index contributed by atoms with van der Waals surface area (Å²) < 4.78 is 5.99. The summed E-state index contributed by atoms with van der Waals surface area (Å²) in [6, 6.07) is 5.38. The van der Waals surface area contributed by atoms with Crippen LogP contribution in [0.3, 0.4) is 0 Å². The van der Waals surface area contributed by atoms with Crippen LogP contribution in [0.25, 0.3) is 11.1 Å².